The number of methoxy groups -OCH3 is 2. The molecular weight excluding hydrogens is 284 g/mol. The van der Waals surface area contributed by atoms with Gasteiger partial charge in [-0.1, -0.05) is 30.3 Å². The fourth-order valence-electron chi connectivity index (χ4n) is 2.70. The van der Waals surface area contributed by atoms with Gasteiger partial charge in [0.25, 0.3) is 0 Å². The van der Waals surface area contributed by atoms with E-state index in [0.717, 1.165) is 12.0 Å². The molecule has 0 saturated carbocycles. The number of alkyl carbamates (subject to hydrolysis) is 1. The Morgan fingerprint density at radius 3 is 2.68 bits per heavy atom. The molecule has 0 bridgehead atoms. The number of benzene rings is 1. The quantitative estimate of drug-likeness (QED) is 0.897. The summed E-state index contributed by atoms with van der Waals surface area (Å²) >= 11 is 0. The lowest BCUT2D eigenvalue weighted by Crippen LogP contribution is -2.42. The van der Waals surface area contributed by atoms with Gasteiger partial charge in [-0.2, -0.15) is 0 Å². The Kier molecular flexibility index (Phi) is 5.77. The first-order valence-electron chi connectivity index (χ1n) is 7.33. The smallest absolute Gasteiger partial charge is 0.407 e. The molecule has 1 aromatic carbocycles. The molecule has 6 nitrogen and oxygen atoms in total. The first-order chi connectivity index (χ1) is 10.7. The van der Waals surface area contributed by atoms with E-state index >= 15 is 0 Å². The number of carbonyl (C=O) groups excluding carboxylic acids is 2. The minimum Gasteiger partial charge on any atom is -0.453 e. The van der Waals surface area contributed by atoms with Crippen LogP contribution in [0.1, 0.15) is 18.0 Å². The second-order valence-electron chi connectivity index (χ2n) is 5.37. The molecule has 1 saturated heterocycles. The van der Waals surface area contributed by atoms with Gasteiger partial charge in [-0.25, -0.2) is 4.79 Å². The Balaban J connectivity index is 2.11. The molecule has 1 aliphatic rings. The van der Waals surface area contributed by atoms with Crippen LogP contribution < -0.4 is 5.32 Å². The number of likely N-dealkylation sites (tertiary alicyclic amines) is 1. The topological polar surface area (TPSA) is 67.9 Å². The molecule has 2 amide bonds. The average molecular weight is 306 g/mol. The molecular formula is C16H22N2O4. The first kappa shape index (κ1) is 16.3. The second-order valence-corrected chi connectivity index (χ2v) is 5.37. The van der Waals surface area contributed by atoms with Crippen molar-refractivity contribution >= 4 is 12.0 Å². The number of nitrogens with zero attached hydrogens (tertiary/aromatic N) is 1. The van der Waals surface area contributed by atoms with Gasteiger partial charge in [0.1, 0.15) is 6.04 Å². The highest BCUT2D eigenvalue weighted by atomic mass is 16.5. The molecule has 1 heterocycles. The number of hydrogen-bond acceptors (Lipinski definition) is 4. The molecule has 22 heavy (non-hydrogen) atoms. The number of ether oxygens (including phenoxy) is 2. The van der Waals surface area contributed by atoms with Crippen molar-refractivity contribution in [1.82, 2.24) is 10.2 Å². The molecule has 6 heteroatoms. The molecule has 1 aliphatic heterocycles. The van der Waals surface area contributed by atoms with E-state index in [0.29, 0.717) is 25.6 Å². The molecule has 0 aliphatic carbocycles. The lowest BCUT2D eigenvalue weighted by Gasteiger charge is -2.24. The Morgan fingerprint density at radius 2 is 2.05 bits per heavy atom. The summed E-state index contributed by atoms with van der Waals surface area (Å²) in [6.45, 7) is 1.97. The highest BCUT2D eigenvalue weighted by Crippen LogP contribution is 2.22. The Hall–Kier alpha value is -2.08. The molecule has 1 fully saturated rings. The van der Waals surface area contributed by atoms with Crippen molar-refractivity contribution < 1.29 is 19.1 Å². The van der Waals surface area contributed by atoms with Gasteiger partial charge in [-0.3, -0.25) is 4.79 Å². The number of hydrogen-bond donors (Lipinski definition) is 1. The van der Waals surface area contributed by atoms with Gasteiger partial charge in [0.15, 0.2) is 0 Å². The summed E-state index contributed by atoms with van der Waals surface area (Å²) in [6, 6.07) is 8.46. The van der Waals surface area contributed by atoms with Crippen LogP contribution >= 0.6 is 0 Å². The van der Waals surface area contributed by atoms with Crippen LogP contribution in [0.4, 0.5) is 4.79 Å². The van der Waals surface area contributed by atoms with Crippen LogP contribution in [0.5, 0.6) is 0 Å². The Bertz CT molecular complexity index is 506. The van der Waals surface area contributed by atoms with E-state index in [1.165, 1.54) is 7.11 Å². The van der Waals surface area contributed by atoms with Crippen LogP contribution in [0.3, 0.4) is 0 Å². The van der Waals surface area contributed by atoms with Crippen molar-refractivity contribution in [3.05, 3.63) is 35.9 Å². The highest BCUT2D eigenvalue weighted by molar-refractivity contribution is 5.87. The third-order valence-electron chi connectivity index (χ3n) is 3.83. The summed E-state index contributed by atoms with van der Waals surface area (Å²) in [7, 11) is 2.95. The number of amides is 2. The van der Waals surface area contributed by atoms with Crippen molar-refractivity contribution in [2.24, 2.45) is 5.92 Å². The number of rotatable bonds is 5. The summed E-state index contributed by atoms with van der Waals surface area (Å²) in [5.41, 5.74) is 0.744. The van der Waals surface area contributed by atoms with Gasteiger partial charge in [0, 0.05) is 26.1 Å². The van der Waals surface area contributed by atoms with E-state index in [9.17, 15) is 9.59 Å². The van der Waals surface area contributed by atoms with Gasteiger partial charge >= 0.3 is 6.09 Å². The van der Waals surface area contributed by atoms with Crippen molar-refractivity contribution in [3.63, 3.8) is 0 Å². The van der Waals surface area contributed by atoms with Crippen LogP contribution in [0, 0.1) is 5.92 Å². The average Bonchev–Trinajstić information content (AvgIpc) is 3.01. The van der Waals surface area contributed by atoms with Gasteiger partial charge in [0.05, 0.1) is 13.7 Å². The van der Waals surface area contributed by atoms with Gasteiger partial charge in [0.2, 0.25) is 5.91 Å². The number of carbonyl (C=O) groups is 2. The van der Waals surface area contributed by atoms with E-state index in [-0.39, 0.29) is 5.91 Å². The van der Waals surface area contributed by atoms with Crippen LogP contribution in [-0.4, -0.2) is 50.8 Å². The lowest BCUT2D eigenvalue weighted by molar-refractivity contribution is -0.132. The van der Waals surface area contributed by atoms with Gasteiger partial charge in [-0.15, -0.1) is 0 Å². The molecule has 1 aromatic rings. The zero-order chi connectivity index (χ0) is 15.9. The predicted octanol–water partition coefficient (Wildman–Crippen LogP) is 1.58. The maximum atomic E-state index is 12.8. The maximum Gasteiger partial charge on any atom is 0.407 e. The predicted molar refractivity (Wildman–Crippen MR) is 81.3 cm³/mol. The van der Waals surface area contributed by atoms with E-state index < -0.39 is 12.1 Å². The highest BCUT2D eigenvalue weighted by Gasteiger charge is 2.32. The zero-order valence-corrected chi connectivity index (χ0v) is 13.0. The standard InChI is InChI=1S/C16H22N2O4/c1-21-11-12-8-9-18(10-12)15(19)14(17-16(20)22-2)13-6-4-3-5-7-13/h3-7,12,14H,8-11H2,1-2H3,(H,17,20)/t12-,14+/m0/s1. The number of nitrogens with one attached hydrogen (secondary N) is 1. The van der Waals surface area contributed by atoms with Crippen LogP contribution in [0.25, 0.3) is 0 Å². The van der Waals surface area contributed by atoms with Crippen LogP contribution in [-0.2, 0) is 14.3 Å². The molecule has 0 spiro atoms. The summed E-state index contributed by atoms with van der Waals surface area (Å²) in [6.07, 6.45) is 0.300. The SMILES string of the molecule is COC[C@H]1CCN(C(=O)[C@H](NC(=O)OC)c2ccccc2)C1. The fourth-order valence-corrected chi connectivity index (χ4v) is 2.70. The Labute approximate surface area is 130 Å². The summed E-state index contributed by atoms with van der Waals surface area (Å²) in [5, 5.41) is 2.62. The summed E-state index contributed by atoms with van der Waals surface area (Å²) in [4.78, 5) is 26.1. The van der Waals surface area contributed by atoms with Crippen LogP contribution in [0.15, 0.2) is 30.3 Å². The minimum atomic E-state index is -0.727. The first-order valence-corrected chi connectivity index (χ1v) is 7.33. The molecule has 2 rings (SSSR count). The lowest BCUT2D eigenvalue weighted by atomic mass is 10.1. The van der Waals surface area contributed by atoms with Gasteiger partial charge < -0.3 is 19.7 Å². The Morgan fingerprint density at radius 1 is 1.32 bits per heavy atom. The molecule has 0 unspecified atom stereocenters. The van der Waals surface area contributed by atoms with Crippen molar-refractivity contribution in [1.29, 1.82) is 0 Å². The minimum absolute atomic E-state index is 0.116. The van der Waals surface area contributed by atoms with Crippen LogP contribution in [0.2, 0.25) is 0 Å². The van der Waals surface area contributed by atoms with Gasteiger partial charge in [-0.05, 0) is 12.0 Å². The monoisotopic (exact) mass is 306 g/mol. The maximum absolute atomic E-state index is 12.8. The van der Waals surface area contributed by atoms with E-state index in [2.05, 4.69) is 10.1 Å². The fraction of sp³-hybridized carbons (Fsp3) is 0.500. The van der Waals surface area contributed by atoms with Crippen molar-refractivity contribution in [2.75, 3.05) is 33.9 Å². The third-order valence-corrected chi connectivity index (χ3v) is 3.83. The molecule has 120 valence electrons. The normalized spacial score (nSPS) is 18.8. The van der Waals surface area contributed by atoms with E-state index in [1.54, 1.807) is 12.0 Å². The molecule has 2 atom stereocenters. The molecule has 0 aromatic heterocycles. The second kappa shape index (κ2) is 7.79. The van der Waals surface area contributed by atoms with E-state index in [4.69, 9.17) is 4.74 Å². The zero-order valence-electron chi connectivity index (χ0n) is 13.0. The van der Waals surface area contributed by atoms with Crippen molar-refractivity contribution in [2.45, 2.75) is 12.5 Å². The third kappa shape index (κ3) is 3.98. The molecule has 1 N–H and O–H groups in total. The molecule has 0 radical (unpaired) electrons. The van der Waals surface area contributed by atoms with E-state index in [1.807, 2.05) is 30.3 Å². The summed E-state index contributed by atoms with van der Waals surface area (Å²) < 4.78 is 9.79. The summed E-state index contributed by atoms with van der Waals surface area (Å²) in [5.74, 6) is 0.235. The largest absolute Gasteiger partial charge is 0.453 e. The van der Waals surface area contributed by atoms with Crippen molar-refractivity contribution in [3.8, 4) is 0 Å².